The van der Waals surface area contributed by atoms with Crippen LogP contribution in [0.1, 0.15) is 18.2 Å². The number of benzene rings is 7. The second-order valence-corrected chi connectivity index (χ2v) is 23.5. The average molecular weight is 1260 g/mol. The number of sulfonamides is 1. The Hall–Kier alpha value is -9.61. The number of anilines is 1. The van der Waals surface area contributed by atoms with E-state index in [1.54, 1.807) is 104 Å². The molecule has 0 saturated heterocycles. The lowest BCUT2D eigenvalue weighted by Crippen LogP contribution is -2.30. The number of ether oxygens (including phenoxy) is 5. The van der Waals surface area contributed by atoms with Crippen molar-refractivity contribution in [1.29, 1.82) is 0 Å². The minimum absolute atomic E-state index is 0.00360. The van der Waals surface area contributed by atoms with Crippen molar-refractivity contribution in [3.05, 3.63) is 203 Å². The molecular formula is C63H51Cl2F2N5O13S2. The minimum Gasteiger partial charge on any atom is -0.497 e. The molecule has 0 aliphatic carbocycles. The van der Waals surface area contributed by atoms with Crippen LogP contribution in [-0.4, -0.2) is 83.7 Å². The summed E-state index contributed by atoms with van der Waals surface area (Å²) in [6, 6.07) is 38.6. The van der Waals surface area contributed by atoms with E-state index in [1.807, 2.05) is 0 Å². The van der Waals surface area contributed by atoms with Gasteiger partial charge in [0.15, 0.2) is 15.7 Å². The van der Waals surface area contributed by atoms with E-state index in [9.17, 15) is 25.6 Å². The van der Waals surface area contributed by atoms with Gasteiger partial charge in [0.1, 0.15) is 47.2 Å². The molecule has 4 aromatic heterocycles. The number of carboxylic acids is 1. The Morgan fingerprint density at radius 2 is 1.07 bits per heavy atom. The monoisotopic (exact) mass is 1260 g/mol. The van der Waals surface area contributed by atoms with Crippen molar-refractivity contribution in [1.82, 2.24) is 20.3 Å². The summed E-state index contributed by atoms with van der Waals surface area (Å²) in [5, 5.41) is 18.2. The Morgan fingerprint density at radius 1 is 0.575 bits per heavy atom. The van der Waals surface area contributed by atoms with Gasteiger partial charge in [-0.05, 0) is 112 Å². The molecule has 0 bridgehead atoms. The maximum atomic E-state index is 14.1. The van der Waals surface area contributed by atoms with Crippen LogP contribution < -0.4 is 28.0 Å². The van der Waals surface area contributed by atoms with E-state index in [0.717, 1.165) is 6.92 Å². The predicted octanol–water partition coefficient (Wildman–Crippen LogP) is 14.2. The molecule has 24 heteroatoms. The highest BCUT2D eigenvalue weighted by Gasteiger charge is 2.29. The van der Waals surface area contributed by atoms with E-state index in [-0.39, 0.29) is 39.6 Å². The number of sulfone groups is 1. The Balaban J connectivity index is 0.000000200. The van der Waals surface area contributed by atoms with E-state index in [1.165, 1.54) is 106 Å². The number of nitrogens with zero attached hydrogens (tertiary/aromatic N) is 5. The lowest BCUT2D eigenvalue weighted by molar-refractivity contribution is -0.134. The number of hydrogen-bond donors (Lipinski definition) is 1. The van der Waals surface area contributed by atoms with Crippen molar-refractivity contribution in [2.45, 2.75) is 29.0 Å². The van der Waals surface area contributed by atoms with Crippen molar-refractivity contribution in [3.63, 3.8) is 0 Å². The van der Waals surface area contributed by atoms with E-state index >= 15 is 0 Å². The summed E-state index contributed by atoms with van der Waals surface area (Å²) in [5.41, 5.74) is 5.63. The molecule has 0 aliphatic heterocycles. The number of carboxylic acid groups (broad SMARTS) is 1. The van der Waals surface area contributed by atoms with Gasteiger partial charge in [0.2, 0.25) is 11.8 Å². The SMILES string of the molecule is CC(=O)O.COc1cc(-c2cccc(F)c2)c(Cl)cc1-c1c(OC)ncc2cc(S(=O)(=O)Cc3ccon3)ccc12.COc1ccc(CN(c2ccon2)S(=O)(=O)c2ccc3c(-c4cc(Cl)c(-c5cccc(F)c5)cc4OC)c(OC)ncc3c2)cc1. The fraction of sp³-hybridized carbons (Fsp3) is 0.127. The first-order valence-electron chi connectivity index (χ1n) is 25.9. The number of aliphatic carboxylic acids is 1. The molecule has 7 aromatic carbocycles. The van der Waals surface area contributed by atoms with Gasteiger partial charge in [-0.25, -0.2) is 39.9 Å². The molecule has 87 heavy (non-hydrogen) atoms. The van der Waals surface area contributed by atoms with Gasteiger partial charge in [0.25, 0.3) is 16.0 Å². The summed E-state index contributed by atoms with van der Waals surface area (Å²) in [5.74, 6) is 0.342. The number of pyridine rings is 2. The molecule has 0 fully saturated rings. The fourth-order valence-electron chi connectivity index (χ4n) is 9.38. The van der Waals surface area contributed by atoms with Gasteiger partial charge in [0.05, 0.1) is 68.7 Å². The van der Waals surface area contributed by atoms with Crippen LogP contribution >= 0.6 is 23.2 Å². The Labute approximate surface area is 508 Å². The lowest BCUT2D eigenvalue weighted by Gasteiger charge is -2.22. The zero-order chi connectivity index (χ0) is 62.2. The standard InChI is InChI=1S/C34H27ClFN3O6S.C27H20ClFN2O5S.C2H4O2/c1-42-25-9-7-21(8-10-25)20-39(32-13-14-45-38-32)46(40,41)26-11-12-27-23(16-26)19-37-34(44-3)33(27)29-17-30(35)28(18-31(29)43-2)22-5-4-6-24(36)15-22;1-34-25-13-22(16-4-3-5-18(29)10-16)24(28)12-23(25)26-21-7-6-20(11-17(21)14-30-27(26)35-2)37(32,33)15-19-8-9-36-31-19;1-2(3)4/h4-19H,20H2,1-3H3;3-14H,15H2,1-2H3;1H3,(H,3,4). The Morgan fingerprint density at radius 3 is 1.52 bits per heavy atom. The van der Waals surface area contributed by atoms with Crippen LogP contribution in [0.2, 0.25) is 10.0 Å². The quantitative estimate of drug-likeness (QED) is 0.0892. The second-order valence-electron chi connectivity index (χ2n) is 18.9. The number of hydrogen-bond acceptors (Lipinski definition) is 16. The van der Waals surface area contributed by atoms with Crippen molar-refractivity contribution >= 4 is 76.4 Å². The van der Waals surface area contributed by atoms with Gasteiger partial charge in [-0.15, -0.1) is 0 Å². The van der Waals surface area contributed by atoms with Gasteiger partial charge in [-0.1, -0.05) is 82.0 Å². The number of aromatic nitrogens is 4. The molecule has 11 aromatic rings. The fourth-order valence-corrected chi connectivity index (χ4v) is 12.6. The molecule has 0 unspecified atom stereocenters. The number of methoxy groups -OCH3 is 5. The number of fused-ring (bicyclic) bond motifs is 2. The molecule has 0 saturated carbocycles. The molecule has 1 N–H and O–H groups in total. The molecule has 0 spiro atoms. The zero-order valence-electron chi connectivity index (χ0n) is 47.0. The van der Waals surface area contributed by atoms with Crippen LogP contribution in [0.15, 0.2) is 189 Å². The maximum Gasteiger partial charge on any atom is 0.300 e. The van der Waals surface area contributed by atoms with Crippen molar-refractivity contribution in [2.75, 3.05) is 39.9 Å². The van der Waals surface area contributed by atoms with E-state index in [0.29, 0.717) is 110 Å². The Bertz CT molecular complexity index is 4540. The number of rotatable bonds is 17. The van der Waals surface area contributed by atoms with Gasteiger partial charge in [0, 0.05) is 74.5 Å². The molecule has 0 radical (unpaired) electrons. The smallest absolute Gasteiger partial charge is 0.300 e. The highest BCUT2D eigenvalue weighted by molar-refractivity contribution is 7.92. The predicted molar refractivity (Wildman–Crippen MR) is 325 cm³/mol. The summed E-state index contributed by atoms with van der Waals surface area (Å²) in [6.45, 7) is 1.08. The summed E-state index contributed by atoms with van der Waals surface area (Å²) < 4.78 is 121. The van der Waals surface area contributed by atoms with Crippen molar-refractivity contribution in [2.24, 2.45) is 0 Å². The van der Waals surface area contributed by atoms with Crippen LogP contribution in [-0.2, 0) is 37.0 Å². The van der Waals surface area contributed by atoms with E-state index in [2.05, 4.69) is 20.3 Å². The van der Waals surface area contributed by atoms with Gasteiger partial charge < -0.3 is 37.8 Å². The van der Waals surface area contributed by atoms with Crippen molar-refractivity contribution in [3.8, 4) is 73.5 Å². The first kappa shape index (κ1) is 61.9. The number of halogens is 4. The molecule has 4 heterocycles. The second kappa shape index (κ2) is 26.8. The normalized spacial score (nSPS) is 11.2. The first-order chi connectivity index (χ1) is 41.8. The topological polar surface area (TPSA) is 233 Å². The Kier molecular flexibility index (Phi) is 19.0. The van der Waals surface area contributed by atoms with Crippen LogP contribution in [0.25, 0.3) is 66.1 Å². The molecule has 0 aliphatic rings. The highest BCUT2D eigenvalue weighted by atomic mass is 35.5. The third-order valence-electron chi connectivity index (χ3n) is 13.4. The van der Waals surface area contributed by atoms with Crippen LogP contribution in [0.4, 0.5) is 14.6 Å². The van der Waals surface area contributed by atoms with Crippen LogP contribution in [0, 0.1) is 11.6 Å². The van der Waals surface area contributed by atoms with Crippen molar-refractivity contribution < 1.29 is 68.2 Å². The van der Waals surface area contributed by atoms with Gasteiger partial charge in [-0.2, -0.15) is 0 Å². The molecular weight excluding hydrogens is 1210 g/mol. The largest absolute Gasteiger partial charge is 0.497 e. The summed E-state index contributed by atoms with van der Waals surface area (Å²) in [7, 11) is -0.259. The number of carbonyl (C=O) groups is 1. The third-order valence-corrected chi connectivity index (χ3v) is 17.4. The van der Waals surface area contributed by atoms with Gasteiger partial charge in [-0.3, -0.25) is 4.79 Å². The average Bonchev–Trinajstić information content (AvgIpc) is 1.22. The minimum atomic E-state index is -4.14. The lowest BCUT2D eigenvalue weighted by atomic mass is 9.96. The summed E-state index contributed by atoms with van der Waals surface area (Å²) >= 11 is 13.4. The molecule has 18 nitrogen and oxygen atoms in total. The van der Waals surface area contributed by atoms with E-state index in [4.69, 9.17) is 65.8 Å². The highest BCUT2D eigenvalue weighted by Crippen LogP contribution is 2.47. The maximum absolute atomic E-state index is 14.1. The molecule has 0 atom stereocenters. The zero-order valence-corrected chi connectivity index (χ0v) is 50.1. The molecule has 446 valence electrons. The molecule has 0 amide bonds. The van der Waals surface area contributed by atoms with Crippen LogP contribution in [0.5, 0.6) is 29.0 Å². The van der Waals surface area contributed by atoms with E-state index < -0.39 is 31.6 Å². The molecule has 11 rings (SSSR count). The van der Waals surface area contributed by atoms with Crippen LogP contribution in [0.3, 0.4) is 0 Å². The van der Waals surface area contributed by atoms with Gasteiger partial charge >= 0.3 is 0 Å². The first-order valence-corrected chi connectivity index (χ1v) is 29.7. The summed E-state index contributed by atoms with van der Waals surface area (Å²) in [6.07, 6.45) is 5.72. The summed E-state index contributed by atoms with van der Waals surface area (Å²) in [4.78, 5) is 18.0. The third kappa shape index (κ3) is 13.7.